The maximum absolute atomic E-state index is 5.82. The summed E-state index contributed by atoms with van der Waals surface area (Å²) < 4.78 is 5.60. The number of nitrogens with two attached hydrogens (primary N) is 1. The first kappa shape index (κ1) is 8.91. The maximum Gasteiger partial charge on any atom is 0.133 e. The predicted molar refractivity (Wildman–Crippen MR) is 55.4 cm³/mol. The summed E-state index contributed by atoms with van der Waals surface area (Å²) in [4.78, 5) is 1.25. The third-order valence-corrected chi connectivity index (χ3v) is 3.48. The summed E-state index contributed by atoms with van der Waals surface area (Å²) in [5.41, 5.74) is 7.09. The zero-order valence-corrected chi connectivity index (χ0v) is 8.43. The third-order valence-electron chi connectivity index (χ3n) is 2.07. The Bertz CT molecular complexity index is 314. The standard InChI is InChI=1S/C10H13NOS/c1-7-3-2-4-9-10(7)13-6-8(11)5-12-9/h2-4,8H,5-6,11H2,1H3/t8-/m1/s1. The lowest BCUT2D eigenvalue weighted by Crippen LogP contribution is -2.28. The van der Waals surface area contributed by atoms with E-state index in [4.69, 9.17) is 10.5 Å². The Hall–Kier alpha value is -0.670. The molecule has 0 amide bonds. The van der Waals surface area contributed by atoms with Gasteiger partial charge in [-0.25, -0.2) is 0 Å². The van der Waals surface area contributed by atoms with Gasteiger partial charge in [0, 0.05) is 11.8 Å². The highest BCUT2D eigenvalue weighted by Crippen LogP contribution is 2.34. The van der Waals surface area contributed by atoms with Crippen LogP contribution in [0.3, 0.4) is 0 Å². The van der Waals surface area contributed by atoms with E-state index in [0.717, 1.165) is 11.5 Å². The van der Waals surface area contributed by atoms with Crippen molar-refractivity contribution in [1.82, 2.24) is 0 Å². The zero-order valence-electron chi connectivity index (χ0n) is 7.62. The minimum absolute atomic E-state index is 0.150. The molecule has 13 heavy (non-hydrogen) atoms. The van der Waals surface area contributed by atoms with Gasteiger partial charge >= 0.3 is 0 Å². The van der Waals surface area contributed by atoms with Crippen LogP contribution in [0, 0.1) is 6.92 Å². The largest absolute Gasteiger partial charge is 0.491 e. The molecule has 70 valence electrons. The highest BCUT2D eigenvalue weighted by molar-refractivity contribution is 7.99. The van der Waals surface area contributed by atoms with Crippen LogP contribution in [-0.4, -0.2) is 18.4 Å². The maximum atomic E-state index is 5.82. The fraction of sp³-hybridized carbons (Fsp3) is 0.400. The van der Waals surface area contributed by atoms with E-state index in [1.165, 1.54) is 10.5 Å². The molecule has 1 heterocycles. The van der Waals surface area contributed by atoms with Crippen LogP contribution in [0.25, 0.3) is 0 Å². The van der Waals surface area contributed by atoms with Gasteiger partial charge in [-0.3, -0.25) is 0 Å². The van der Waals surface area contributed by atoms with Crippen molar-refractivity contribution in [2.24, 2.45) is 5.73 Å². The van der Waals surface area contributed by atoms with Gasteiger partial charge in [0.05, 0.1) is 4.90 Å². The van der Waals surface area contributed by atoms with Crippen molar-refractivity contribution in [3.05, 3.63) is 23.8 Å². The Morgan fingerprint density at radius 1 is 1.54 bits per heavy atom. The summed E-state index contributed by atoms with van der Waals surface area (Å²) in [6, 6.07) is 6.28. The van der Waals surface area contributed by atoms with E-state index in [1.807, 2.05) is 12.1 Å². The van der Waals surface area contributed by atoms with Crippen molar-refractivity contribution in [2.45, 2.75) is 17.9 Å². The minimum Gasteiger partial charge on any atom is -0.491 e. The summed E-state index contributed by atoms with van der Waals surface area (Å²) >= 11 is 1.79. The first-order valence-corrected chi connectivity index (χ1v) is 5.37. The van der Waals surface area contributed by atoms with E-state index in [-0.39, 0.29) is 6.04 Å². The van der Waals surface area contributed by atoms with Gasteiger partial charge in [-0.2, -0.15) is 0 Å². The fourth-order valence-corrected chi connectivity index (χ4v) is 2.40. The van der Waals surface area contributed by atoms with Gasteiger partial charge in [-0.05, 0) is 18.6 Å². The third kappa shape index (κ3) is 1.81. The molecule has 2 rings (SSSR count). The fourth-order valence-electron chi connectivity index (χ4n) is 1.36. The van der Waals surface area contributed by atoms with Crippen molar-refractivity contribution >= 4 is 11.8 Å². The molecule has 0 aromatic heterocycles. The number of fused-ring (bicyclic) bond motifs is 1. The number of aryl methyl sites for hydroxylation is 1. The number of thioether (sulfide) groups is 1. The average Bonchev–Trinajstić information content (AvgIpc) is 2.30. The summed E-state index contributed by atoms with van der Waals surface area (Å²) in [5, 5.41) is 0. The first-order chi connectivity index (χ1) is 6.27. The molecular formula is C10H13NOS. The van der Waals surface area contributed by atoms with Gasteiger partial charge in [-0.15, -0.1) is 11.8 Å². The van der Waals surface area contributed by atoms with E-state index in [2.05, 4.69) is 13.0 Å². The van der Waals surface area contributed by atoms with Crippen molar-refractivity contribution in [3.8, 4) is 5.75 Å². The van der Waals surface area contributed by atoms with Crippen molar-refractivity contribution in [1.29, 1.82) is 0 Å². The molecule has 0 unspecified atom stereocenters. The Kier molecular flexibility index (Phi) is 2.47. The van der Waals surface area contributed by atoms with E-state index in [1.54, 1.807) is 11.8 Å². The number of hydrogen-bond donors (Lipinski definition) is 1. The summed E-state index contributed by atoms with van der Waals surface area (Å²) in [6.07, 6.45) is 0. The molecule has 0 aliphatic carbocycles. The van der Waals surface area contributed by atoms with Crippen LogP contribution in [-0.2, 0) is 0 Å². The Morgan fingerprint density at radius 3 is 3.23 bits per heavy atom. The van der Waals surface area contributed by atoms with Crippen molar-refractivity contribution in [3.63, 3.8) is 0 Å². The van der Waals surface area contributed by atoms with Gasteiger partial charge in [0.15, 0.2) is 0 Å². The summed E-state index contributed by atoms with van der Waals surface area (Å²) in [7, 11) is 0. The van der Waals surface area contributed by atoms with Gasteiger partial charge in [0.2, 0.25) is 0 Å². The van der Waals surface area contributed by atoms with E-state index >= 15 is 0 Å². The highest BCUT2D eigenvalue weighted by Gasteiger charge is 2.15. The molecule has 2 nitrogen and oxygen atoms in total. The predicted octanol–water partition coefficient (Wildman–Crippen LogP) is 1.81. The smallest absolute Gasteiger partial charge is 0.133 e. The van der Waals surface area contributed by atoms with E-state index in [9.17, 15) is 0 Å². The van der Waals surface area contributed by atoms with Gasteiger partial charge < -0.3 is 10.5 Å². The van der Waals surface area contributed by atoms with E-state index in [0.29, 0.717) is 6.61 Å². The second-order valence-corrected chi connectivity index (χ2v) is 4.31. The normalized spacial score (nSPS) is 21.5. The Balaban J connectivity index is 2.35. The van der Waals surface area contributed by atoms with Crippen molar-refractivity contribution in [2.75, 3.05) is 12.4 Å². The molecular weight excluding hydrogens is 182 g/mol. The molecule has 0 fully saturated rings. The molecule has 0 bridgehead atoms. The second kappa shape index (κ2) is 3.60. The quantitative estimate of drug-likeness (QED) is 0.685. The molecule has 0 saturated heterocycles. The number of hydrogen-bond acceptors (Lipinski definition) is 3. The van der Waals surface area contributed by atoms with Crippen LogP contribution in [0.4, 0.5) is 0 Å². The van der Waals surface area contributed by atoms with Crippen LogP contribution in [0.5, 0.6) is 5.75 Å². The van der Waals surface area contributed by atoms with Crippen LogP contribution < -0.4 is 10.5 Å². The second-order valence-electron chi connectivity index (χ2n) is 3.28. The van der Waals surface area contributed by atoms with Gasteiger partial charge in [0.25, 0.3) is 0 Å². The van der Waals surface area contributed by atoms with Gasteiger partial charge in [0.1, 0.15) is 12.4 Å². The molecule has 1 aliphatic heterocycles. The Morgan fingerprint density at radius 2 is 2.38 bits per heavy atom. The SMILES string of the molecule is Cc1cccc2c1SC[C@H](N)CO2. The van der Waals surface area contributed by atoms with Crippen LogP contribution >= 0.6 is 11.8 Å². The average molecular weight is 195 g/mol. The monoisotopic (exact) mass is 195 g/mol. The molecule has 0 spiro atoms. The molecule has 2 N–H and O–H groups in total. The minimum atomic E-state index is 0.150. The number of ether oxygens (including phenoxy) is 1. The highest BCUT2D eigenvalue weighted by atomic mass is 32.2. The summed E-state index contributed by atoms with van der Waals surface area (Å²) in [6.45, 7) is 2.73. The van der Waals surface area contributed by atoms with Gasteiger partial charge in [-0.1, -0.05) is 12.1 Å². The molecule has 0 saturated carbocycles. The first-order valence-electron chi connectivity index (χ1n) is 4.38. The van der Waals surface area contributed by atoms with E-state index < -0.39 is 0 Å². The lowest BCUT2D eigenvalue weighted by atomic mass is 10.2. The summed E-state index contributed by atoms with van der Waals surface area (Å²) in [5.74, 6) is 1.93. The number of benzene rings is 1. The molecule has 1 aromatic carbocycles. The van der Waals surface area contributed by atoms with Crippen LogP contribution in [0.2, 0.25) is 0 Å². The lowest BCUT2D eigenvalue weighted by molar-refractivity contribution is 0.295. The molecule has 1 atom stereocenters. The molecule has 1 aromatic rings. The lowest BCUT2D eigenvalue weighted by Gasteiger charge is -2.08. The van der Waals surface area contributed by atoms with Crippen molar-refractivity contribution < 1.29 is 4.74 Å². The molecule has 3 heteroatoms. The Labute approximate surface area is 82.5 Å². The molecule has 0 radical (unpaired) electrons. The van der Waals surface area contributed by atoms with Crippen LogP contribution in [0.15, 0.2) is 23.1 Å². The molecule has 1 aliphatic rings. The zero-order chi connectivity index (χ0) is 9.26. The number of rotatable bonds is 0. The topological polar surface area (TPSA) is 35.2 Å². The van der Waals surface area contributed by atoms with Crippen LogP contribution in [0.1, 0.15) is 5.56 Å².